The molecule has 0 saturated heterocycles. The van der Waals surface area contributed by atoms with Gasteiger partial charge in [-0.3, -0.25) is 4.79 Å². The van der Waals surface area contributed by atoms with Gasteiger partial charge in [-0.05, 0) is 37.0 Å². The van der Waals surface area contributed by atoms with E-state index in [-0.39, 0.29) is 18.1 Å². The van der Waals surface area contributed by atoms with Crippen molar-refractivity contribution in [2.75, 3.05) is 0 Å². The Bertz CT molecular complexity index is 278. The van der Waals surface area contributed by atoms with Crippen LogP contribution in [0.25, 0.3) is 0 Å². The molecule has 0 bridgehead atoms. The molecule has 2 N–H and O–H groups in total. The Hall–Kier alpha value is -0.570. The molecule has 4 unspecified atom stereocenters. The molecule has 0 aromatic carbocycles. The first-order valence-electron chi connectivity index (χ1n) is 7.89. The van der Waals surface area contributed by atoms with Gasteiger partial charge in [-0.2, -0.15) is 0 Å². The van der Waals surface area contributed by atoms with Crippen LogP contribution in [-0.2, 0) is 9.53 Å². The summed E-state index contributed by atoms with van der Waals surface area (Å²) in [6.07, 6.45) is 5.82. The molecule has 1 rings (SSSR count). The van der Waals surface area contributed by atoms with E-state index in [1.165, 1.54) is 12.8 Å². The molecule has 0 aromatic heterocycles. The van der Waals surface area contributed by atoms with Gasteiger partial charge < -0.3 is 10.5 Å². The van der Waals surface area contributed by atoms with Crippen LogP contribution in [0.4, 0.5) is 0 Å². The van der Waals surface area contributed by atoms with E-state index in [0.29, 0.717) is 24.2 Å². The Morgan fingerprint density at radius 2 is 2.05 bits per heavy atom. The maximum Gasteiger partial charge on any atom is 0.307 e. The van der Waals surface area contributed by atoms with Gasteiger partial charge in [0.25, 0.3) is 0 Å². The highest BCUT2D eigenvalue weighted by Crippen LogP contribution is 2.35. The van der Waals surface area contributed by atoms with Crippen LogP contribution in [0.15, 0.2) is 0 Å². The van der Waals surface area contributed by atoms with Crippen LogP contribution < -0.4 is 5.73 Å². The molecule has 0 aliphatic heterocycles. The largest absolute Gasteiger partial charge is 0.462 e. The van der Waals surface area contributed by atoms with Crippen molar-refractivity contribution in [3.63, 3.8) is 0 Å². The first-order chi connectivity index (χ1) is 8.93. The molecule has 1 aliphatic rings. The smallest absolute Gasteiger partial charge is 0.307 e. The number of rotatable bonds is 6. The standard InChI is InChI=1S/C16H31NO2/c1-5-6-13(17)10-16(18)19-15-9-12(4)7-8-14(15)11(2)3/h11-15H,5-10,17H2,1-4H3. The fourth-order valence-corrected chi connectivity index (χ4v) is 3.15. The van der Waals surface area contributed by atoms with E-state index in [2.05, 4.69) is 27.7 Å². The van der Waals surface area contributed by atoms with Crippen LogP contribution >= 0.6 is 0 Å². The van der Waals surface area contributed by atoms with E-state index in [1.807, 2.05) is 0 Å². The second-order valence-electron chi connectivity index (χ2n) is 6.61. The third-order valence-corrected chi connectivity index (χ3v) is 4.33. The summed E-state index contributed by atoms with van der Waals surface area (Å²) in [6.45, 7) is 8.79. The highest BCUT2D eigenvalue weighted by molar-refractivity contribution is 5.70. The van der Waals surface area contributed by atoms with E-state index >= 15 is 0 Å². The number of hydrogen-bond donors (Lipinski definition) is 1. The molecule has 112 valence electrons. The van der Waals surface area contributed by atoms with Crippen molar-refractivity contribution in [2.45, 2.75) is 78.4 Å². The molecular weight excluding hydrogens is 238 g/mol. The van der Waals surface area contributed by atoms with Crippen LogP contribution in [0.3, 0.4) is 0 Å². The van der Waals surface area contributed by atoms with Crippen molar-refractivity contribution in [1.29, 1.82) is 0 Å². The number of carbonyl (C=O) groups excluding carboxylic acids is 1. The van der Waals surface area contributed by atoms with Gasteiger partial charge in [0, 0.05) is 6.04 Å². The lowest BCUT2D eigenvalue weighted by Crippen LogP contribution is -2.37. The number of hydrogen-bond acceptors (Lipinski definition) is 3. The van der Waals surface area contributed by atoms with Crippen LogP contribution in [0.2, 0.25) is 0 Å². The second-order valence-corrected chi connectivity index (χ2v) is 6.61. The molecule has 0 amide bonds. The second kappa shape index (κ2) is 7.88. The average Bonchev–Trinajstić information content (AvgIpc) is 2.28. The van der Waals surface area contributed by atoms with Gasteiger partial charge in [-0.15, -0.1) is 0 Å². The Balaban J connectivity index is 2.49. The van der Waals surface area contributed by atoms with Crippen LogP contribution in [0, 0.1) is 17.8 Å². The number of ether oxygens (including phenoxy) is 1. The van der Waals surface area contributed by atoms with E-state index < -0.39 is 0 Å². The van der Waals surface area contributed by atoms with E-state index in [1.54, 1.807) is 0 Å². The maximum atomic E-state index is 12.0. The molecule has 3 heteroatoms. The maximum absolute atomic E-state index is 12.0. The van der Waals surface area contributed by atoms with Crippen LogP contribution in [-0.4, -0.2) is 18.1 Å². The zero-order valence-corrected chi connectivity index (χ0v) is 13.0. The molecular formula is C16H31NO2. The third-order valence-electron chi connectivity index (χ3n) is 4.33. The van der Waals surface area contributed by atoms with Crippen LogP contribution in [0.1, 0.15) is 66.2 Å². The summed E-state index contributed by atoms with van der Waals surface area (Å²) in [6, 6.07) is -0.0454. The molecule has 1 saturated carbocycles. The highest BCUT2D eigenvalue weighted by Gasteiger charge is 2.33. The topological polar surface area (TPSA) is 52.3 Å². The van der Waals surface area contributed by atoms with Crippen molar-refractivity contribution in [1.82, 2.24) is 0 Å². The number of carbonyl (C=O) groups is 1. The van der Waals surface area contributed by atoms with Crippen molar-refractivity contribution >= 4 is 5.97 Å². The third kappa shape index (κ3) is 5.52. The summed E-state index contributed by atoms with van der Waals surface area (Å²) in [5.41, 5.74) is 5.91. The monoisotopic (exact) mass is 269 g/mol. The normalized spacial score (nSPS) is 29.3. The van der Waals surface area contributed by atoms with E-state index in [4.69, 9.17) is 10.5 Å². The van der Waals surface area contributed by atoms with Gasteiger partial charge in [0.05, 0.1) is 6.42 Å². The minimum atomic E-state index is -0.106. The number of esters is 1. The summed E-state index contributed by atoms with van der Waals surface area (Å²) in [7, 11) is 0. The molecule has 0 heterocycles. The van der Waals surface area contributed by atoms with Gasteiger partial charge in [0.1, 0.15) is 6.10 Å². The Labute approximate surface area is 118 Å². The lowest BCUT2D eigenvalue weighted by Gasteiger charge is -2.36. The summed E-state index contributed by atoms with van der Waals surface area (Å²) in [5, 5.41) is 0. The van der Waals surface area contributed by atoms with Gasteiger partial charge in [-0.25, -0.2) is 0 Å². The molecule has 0 aromatic rings. The van der Waals surface area contributed by atoms with Gasteiger partial charge in [0.2, 0.25) is 0 Å². The summed E-state index contributed by atoms with van der Waals surface area (Å²) in [4.78, 5) is 12.0. The quantitative estimate of drug-likeness (QED) is 0.751. The summed E-state index contributed by atoms with van der Waals surface area (Å²) >= 11 is 0. The lowest BCUT2D eigenvalue weighted by atomic mass is 9.75. The van der Waals surface area contributed by atoms with Crippen molar-refractivity contribution in [2.24, 2.45) is 23.5 Å². The predicted octanol–water partition coefficient (Wildman–Crippen LogP) is 3.51. The average molecular weight is 269 g/mol. The zero-order chi connectivity index (χ0) is 14.4. The highest BCUT2D eigenvalue weighted by atomic mass is 16.5. The van der Waals surface area contributed by atoms with Crippen molar-refractivity contribution < 1.29 is 9.53 Å². The van der Waals surface area contributed by atoms with E-state index in [0.717, 1.165) is 19.3 Å². The Kier molecular flexibility index (Phi) is 6.84. The molecule has 4 atom stereocenters. The first kappa shape index (κ1) is 16.5. The Morgan fingerprint density at radius 1 is 1.37 bits per heavy atom. The first-order valence-corrected chi connectivity index (χ1v) is 7.89. The molecule has 19 heavy (non-hydrogen) atoms. The van der Waals surface area contributed by atoms with Crippen LogP contribution in [0.5, 0.6) is 0 Å². The SMILES string of the molecule is CCCC(N)CC(=O)OC1CC(C)CCC1C(C)C. The summed E-state index contributed by atoms with van der Waals surface area (Å²) in [5.74, 6) is 1.65. The fraction of sp³-hybridized carbons (Fsp3) is 0.938. The van der Waals surface area contributed by atoms with E-state index in [9.17, 15) is 4.79 Å². The van der Waals surface area contributed by atoms with Gasteiger partial charge in [0.15, 0.2) is 0 Å². The summed E-state index contributed by atoms with van der Waals surface area (Å²) < 4.78 is 5.73. The minimum absolute atomic E-state index is 0.0454. The molecule has 0 spiro atoms. The Morgan fingerprint density at radius 3 is 2.63 bits per heavy atom. The predicted molar refractivity (Wildman–Crippen MR) is 78.7 cm³/mol. The molecule has 3 nitrogen and oxygen atoms in total. The number of nitrogens with two attached hydrogens (primary N) is 1. The zero-order valence-electron chi connectivity index (χ0n) is 13.0. The molecule has 1 fully saturated rings. The van der Waals surface area contributed by atoms with Gasteiger partial charge >= 0.3 is 5.97 Å². The lowest BCUT2D eigenvalue weighted by molar-refractivity contribution is -0.156. The molecule has 1 aliphatic carbocycles. The van der Waals surface area contributed by atoms with Crippen molar-refractivity contribution in [3.8, 4) is 0 Å². The van der Waals surface area contributed by atoms with Crippen molar-refractivity contribution in [3.05, 3.63) is 0 Å². The van der Waals surface area contributed by atoms with Gasteiger partial charge in [-0.1, -0.05) is 40.5 Å². The minimum Gasteiger partial charge on any atom is -0.462 e. The molecule has 0 radical (unpaired) electrons. The fourth-order valence-electron chi connectivity index (χ4n) is 3.15.